The average Bonchev–Trinajstić information content (AvgIpc) is 2.61. The molecule has 0 radical (unpaired) electrons. The van der Waals surface area contributed by atoms with Crippen molar-refractivity contribution in [3.8, 4) is 0 Å². The largest absolute Gasteiger partial charge is 0.330 e. The molecule has 1 heterocycles. The number of amides is 1. The first kappa shape index (κ1) is 9.21. The summed E-state index contributed by atoms with van der Waals surface area (Å²) in [5, 5.41) is 0. The quantitative estimate of drug-likeness (QED) is 0.756. The van der Waals surface area contributed by atoms with Crippen LogP contribution < -0.4 is 10.6 Å². The highest BCUT2D eigenvalue weighted by Crippen LogP contribution is 2.23. The van der Waals surface area contributed by atoms with Gasteiger partial charge in [-0.15, -0.1) is 0 Å². The summed E-state index contributed by atoms with van der Waals surface area (Å²) in [4.78, 5) is 13.4. The van der Waals surface area contributed by atoms with Gasteiger partial charge in [0.15, 0.2) is 0 Å². The number of para-hydroxylation sites is 1. The highest BCUT2D eigenvalue weighted by molar-refractivity contribution is 5.95. The molecule has 3 heteroatoms. The normalized spacial score (nSPS) is 21.6. The summed E-state index contributed by atoms with van der Waals surface area (Å²) < 4.78 is 0. The van der Waals surface area contributed by atoms with E-state index in [-0.39, 0.29) is 5.91 Å². The second-order valence-corrected chi connectivity index (χ2v) is 3.65. The van der Waals surface area contributed by atoms with Gasteiger partial charge in [0.05, 0.1) is 0 Å². The first-order chi connectivity index (χ1) is 6.81. The third kappa shape index (κ3) is 1.63. The highest BCUT2D eigenvalue weighted by Gasteiger charge is 2.29. The van der Waals surface area contributed by atoms with Gasteiger partial charge in [0, 0.05) is 18.7 Å². The van der Waals surface area contributed by atoms with Crippen molar-refractivity contribution in [2.24, 2.45) is 11.7 Å². The maximum Gasteiger partial charge on any atom is 0.227 e. The number of nitrogens with two attached hydrogens (primary N) is 1. The van der Waals surface area contributed by atoms with Crippen molar-refractivity contribution in [1.29, 1.82) is 0 Å². The molecule has 1 aromatic carbocycles. The molecule has 1 aliphatic rings. The fourth-order valence-corrected chi connectivity index (χ4v) is 1.80. The Morgan fingerprint density at radius 3 is 2.64 bits per heavy atom. The van der Waals surface area contributed by atoms with Crippen molar-refractivity contribution in [1.82, 2.24) is 0 Å². The van der Waals surface area contributed by atoms with Gasteiger partial charge in [-0.1, -0.05) is 18.2 Å². The molecular weight excluding hydrogens is 176 g/mol. The topological polar surface area (TPSA) is 46.3 Å². The van der Waals surface area contributed by atoms with Crippen LogP contribution in [0.25, 0.3) is 0 Å². The Labute approximate surface area is 83.5 Å². The molecule has 0 unspecified atom stereocenters. The fraction of sp³-hybridized carbons (Fsp3) is 0.364. The van der Waals surface area contributed by atoms with E-state index in [9.17, 15) is 4.79 Å². The maximum absolute atomic E-state index is 11.6. The molecule has 14 heavy (non-hydrogen) atoms. The predicted octanol–water partition coefficient (Wildman–Crippen LogP) is 0.998. The number of anilines is 1. The number of nitrogens with zero attached hydrogens (tertiary/aromatic N) is 1. The van der Waals surface area contributed by atoms with Crippen molar-refractivity contribution in [2.45, 2.75) is 6.42 Å². The molecule has 1 fully saturated rings. The number of carbonyl (C=O) groups excluding carboxylic acids is 1. The summed E-state index contributed by atoms with van der Waals surface area (Å²) in [6, 6.07) is 9.74. The Kier molecular flexibility index (Phi) is 2.50. The number of rotatable bonds is 2. The van der Waals surface area contributed by atoms with Gasteiger partial charge in [-0.05, 0) is 24.6 Å². The van der Waals surface area contributed by atoms with Crippen LogP contribution in [0.2, 0.25) is 0 Å². The molecule has 0 saturated carbocycles. The van der Waals surface area contributed by atoms with Crippen molar-refractivity contribution in [3.63, 3.8) is 0 Å². The van der Waals surface area contributed by atoms with Gasteiger partial charge in [0.25, 0.3) is 0 Å². The molecule has 74 valence electrons. The summed E-state index contributed by atoms with van der Waals surface area (Å²) in [6.45, 7) is 1.36. The molecule has 1 atom stereocenters. The third-order valence-corrected chi connectivity index (χ3v) is 2.61. The predicted molar refractivity (Wildman–Crippen MR) is 56.0 cm³/mol. The minimum absolute atomic E-state index is 0.187. The van der Waals surface area contributed by atoms with Crippen LogP contribution in [-0.4, -0.2) is 19.0 Å². The molecule has 0 spiro atoms. The van der Waals surface area contributed by atoms with Gasteiger partial charge in [-0.2, -0.15) is 0 Å². The van der Waals surface area contributed by atoms with Crippen LogP contribution >= 0.6 is 0 Å². The lowest BCUT2D eigenvalue weighted by Crippen LogP contribution is -2.25. The van der Waals surface area contributed by atoms with E-state index in [2.05, 4.69) is 0 Å². The summed E-state index contributed by atoms with van der Waals surface area (Å²) in [5.41, 5.74) is 6.54. The van der Waals surface area contributed by atoms with E-state index in [0.717, 1.165) is 12.2 Å². The third-order valence-electron chi connectivity index (χ3n) is 2.61. The minimum Gasteiger partial charge on any atom is -0.330 e. The Bertz CT molecular complexity index is 323. The van der Waals surface area contributed by atoms with Crippen LogP contribution in [0.3, 0.4) is 0 Å². The fourth-order valence-electron chi connectivity index (χ4n) is 1.80. The molecule has 0 aliphatic carbocycles. The maximum atomic E-state index is 11.6. The zero-order valence-electron chi connectivity index (χ0n) is 8.02. The highest BCUT2D eigenvalue weighted by atomic mass is 16.2. The Balaban J connectivity index is 2.17. The molecule has 1 aromatic rings. The van der Waals surface area contributed by atoms with Crippen LogP contribution in [-0.2, 0) is 4.79 Å². The first-order valence-electron chi connectivity index (χ1n) is 4.86. The lowest BCUT2D eigenvalue weighted by atomic mass is 10.1. The zero-order valence-corrected chi connectivity index (χ0v) is 8.02. The van der Waals surface area contributed by atoms with Gasteiger partial charge in [0.2, 0.25) is 5.91 Å². The van der Waals surface area contributed by atoms with Gasteiger partial charge >= 0.3 is 0 Å². The second-order valence-electron chi connectivity index (χ2n) is 3.65. The van der Waals surface area contributed by atoms with E-state index in [4.69, 9.17) is 5.73 Å². The molecule has 0 aromatic heterocycles. The van der Waals surface area contributed by atoms with Crippen LogP contribution in [0, 0.1) is 5.92 Å². The molecule has 1 aliphatic heterocycles. The number of carbonyl (C=O) groups is 1. The molecule has 2 N–H and O–H groups in total. The van der Waals surface area contributed by atoms with E-state index >= 15 is 0 Å². The van der Waals surface area contributed by atoms with Gasteiger partial charge in [0.1, 0.15) is 0 Å². The van der Waals surface area contributed by atoms with Crippen molar-refractivity contribution in [2.75, 3.05) is 18.0 Å². The van der Waals surface area contributed by atoms with Gasteiger partial charge in [-0.25, -0.2) is 0 Å². The summed E-state index contributed by atoms with van der Waals surface area (Å²) in [6.07, 6.45) is 0.589. The molecule has 0 bridgehead atoms. The lowest BCUT2D eigenvalue weighted by Gasteiger charge is -2.15. The Morgan fingerprint density at radius 1 is 1.36 bits per heavy atom. The smallest absolute Gasteiger partial charge is 0.227 e. The van der Waals surface area contributed by atoms with Crippen molar-refractivity contribution >= 4 is 11.6 Å². The molecular formula is C11H14N2O. The summed E-state index contributed by atoms with van der Waals surface area (Å²) >= 11 is 0. The van der Waals surface area contributed by atoms with E-state index in [1.165, 1.54) is 0 Å². The van der Waals surface area contributed by atoms with Gasteiger partial charge < -0.3 is 10.6 Å². The SMILES string of the molecule is NC[C@H]1CC(=O)N(c2ccccc2)C1. The first-order valence-corrected chi connectivity index (χ1v) is 4.86. The standard InChI is InChI=1S/C11H14N2O/c12-7-9-6-11(14)13(8-9)10-4-2-1-3-5-10/h1-5,9H,6-8,12H2/t9-/m1/s1. The van der Waals surface area contributed by atoms with Crippen LogP contribution in [0.15, 0.2) is 30.3 Å². The molecule has 1 amide bonds. The van der Waals surface area contributed by atoms with Crippen LogP contribution in [0.1, 0.15) is 6.42 Å². The van der Waals surface area contributed by atoms with E-state index in [1.54, 1.807) is 0 Å². The number of benzene rings is 1. The summed E-state index contributed by atoms with van der Waals surface area (Å²) in [5.74, 6) is 0.509. The van der Waals surface area contributed by atoms with E-state index < -0.39 is 0 Å². The minimum atomic E-state index is 0.187. The zero-order chi connectivity index (χ0) is 9.97. The average molecular weight is 190 g/mol. The van der Waals surface area contributed by atoms with Gasteiger partial charge in [-0.3, -0.25) is 4.79 Å². The monoisotopic (exact) mass is 190 g/mol. The molecule has 1 saturated heterocycles. The van der Waals surface area contributed by atoms with E-state index in [0.29, 0.717) is 18.9 Å². The molecule has 2 rings (SSSR count). The number of hydrogen-bond donors (Lipinski definition) is 1. The van der Waals surface area contributed by atoms with Crippen molar-refractivity contribution < 1.29 is 4.79 Å². The Hall–Kier alpha value is -1.35. The molecule has 3 nitrogen and oxygen atoms in total. The lowest BCUT2D eigenvalue weighted by molar-refractivity contribution is -0.117. The summed E-state index contributed by atoms with van der Waals surface area (Å²) in [7, 11) is 0. The van der Waals surface area contributed by atoms with Crippen molar-refractivity contribution in [3.05, 3.63) is 30.3 Å². The van der Waals surface area contributed by atoms with Crippen LogP contribution in [0.5, 0.6) is 0 Å². The van der Waals surface area contributed by atoms with E-state index in [1.807, 2.05) is 35.2 Å². The second kappa shape index (κ2) is 3.80. The van der Waals surface area contributed by atoms with Crippen LogP contribution in [0.4, 0.5) is 5.69 Å². The number of hydrogen-bond acceptors (Lipinski definition) is 2. The Morgan fingerprint density at radius 2 is 2.07 bits per heavy atom.